The van der Waals surface area contributed by atoms with E-state index in [0.29, 0.717) is 0 Å². The van der Waals surface area contributed by atoms with Gasteiger partial charge in [0, 0.05) is 35.6 Å². The molecule has 2 aromatic rings. The molecular weight excluding hydrogens is 390 g/mol. The summed E-state index contributed by atoms with van der Waals surface area (Å²) in [6.45, 7) is 2.47. The van der Waals surface area contributed by atoms with Crippen LogP contribution in [0, 0.1) is 5.92 Å². The van der Waals surface area contributed by atoms with Gasteiger partial charge in [0.1, 0.15) is 0 Å². The van der Waals surface area contributed by atoms with Gasteiger partial charge in [-0.25, -0.2) is 0 Å². The Bertz CT molecular complexity index is 797. The first-order valence-corrected chi connectivity index (χ1v) is 10.2. The third kappa shape index (κ3) is 3.38. The minimum absolute atomic E-state index is 0.0692. The average Bonchev–Trinajstić information content (AvgIpc) is 2.67. The van der Waals surface area contributed by atoms with E-state index in [2.05, 4.69) is 20.8 Å². The van der Waals surface area contributed by atoms with Gasteiger partial charge >= 0.3 is 0 Å². The van der Waals surface area contributed by atoms with E-state index in [9.17, 15) is 9.90 Å². The molecular formula is C22H24BrNO2. The average molecular weight is 414 g/mol. The molecule has 1 N–H and O–H groups in total. The molecule has 1 saturated heterocycles. The van der Waals surface area contributed by atoms with Gasteiger partial charge in [-0.05, 0) is 42.9 Å². The SMILES string of the molecule is O=C1c2cccc(Br)c2CCC1CN1CCC(O)(c2ccccc2)CC1. The first-order valence-electron chi connectivity index (χ1n) is 9.39. The molecule has 26 heavy (non-hydrogen) atoms. The fourth-order valence-corrected chi connectivity index (χ4v) is 4.91. The highest BCUT2D eigenvalue weighted by atomic mass is 79.9. The van der Waals surface area contributed by atoms with Crippen molar-refractivity contribution in [3.05, 3.63) is 69.7 Å². The third-order valence-electron chi connectivity index (χ3n) is 5.97. The first kappa shape index (κ1) is 17.9. The van der Waals surface area contributed by atoms with Crippen LogP contribution in [-0.4, -0.2) is 35.4 Å². The molecule has 136 valence electrons. The van der Waals surface area contributed by atoms with Gasteiger partial charge in [0.15, 0.2) is 5.78 Å². The fourth-order valence-electron chi connectivity index (χ4n) is 4.34. The second kappa shape index (κ2) is 7.26. The van der Waals surface area contributed by atoms with E-state index in [4.69, 9.17) is 0 Å². The number of halogens is 1. The maximum atomic E-state index is 12.9. The zero-order valence-corrected chi connectivity index (χ0v) is 16.4. The lowest BCUT2D eigenvalue weighted by molar-refractivity contribution is -0.0283. The molecule has 4 rings (SSSR count). The van der Waals surface area contributed by atoms with Crippen LogP contribution in [0.2, 0.25) is 0 Å². The number of fused-ring (bicyclic) bond motifs is 1. The number of carbonyl (C=O) groups is 1. The van der Waals surface area contributed by atoms with Crippen molar-refractivity contribution in [1.82, 2.24) is 4.90 Å². The van der Waals surface area contributed by atoms with Crippen molar-refractivity contribution in [2.75, 3.05) is 19.6 Å². The summed E-state index contributed by atoms with van der Waals surface area (Å²) in [5.74, 6) is 0.344. The van der Waals surface area contributed by atoms with Crippen LogP contribution in [0.4, 0.5) is 0 Å². The number of likely N-dealkylation sites (tertiary alicyclic amines) is 1. The Morgan fingerprint density at radius 3 is 2.54 bits per heavy atom. The van der Waals surface area contributed by atoms with E-state index >= 15 is 0 Å². The predicted molar refractivity (Wildman–Crippen MR) is 106 cm³/mol. The second-order valence-corrected chi connectivity index (χ2v) is 8.42. The Kier molecular flexibility index (Phi) is 5.00. The van der Waals surface area contributed by atoms with Gasteiger partial charge < -0.3 is 10.0 Å². The molecule has 0 amide bonds. The van der Waals surface area contributed by atoms with Crippen molar-refractivity contribution < 1.29 is 9.90 Å². The van der Waals surface area contributed by atoms with Crippen LogP contribution < -0.4 is 0 Å². The summed E-state index contributed by atoms with van der Waals surface area (Å²) < 4.78 is 1.05. The number of carbonyl (C=O) groups excluding carboxylic acids is 1. The van der Waals surface area contributed by atoms with Gasteiger partial charge in [-0.3, -0.25) is 4.79 Å². The number of benzene rings is 2. The maximum absolute atomic E-state index is 12.9. The number of aliphatic hydroxyl groups is 1. The fraction of sp³-hybridized carbons (Fsp3) is 0.409. The lowest BCUT2D eigenvalue weighted by Crippen LogP contribution is -2.45. The summed E-state index contributed by atoms with van der Waals surface area (Å²) in [4.78, 5) is 15.2. The molecule has 1 heterocycles. The van der Waals surface area contributed by atoms with Crippen molar-refractivity contribution in [3.8, 4) is 0 Å². The Morgan fingerprint density at radius 2 is 1.81 bits per heavy atom. The third-order valence-corrected chi connectivity index (χ3v) is 6.71. The quantitative estimate of drug-likeness (QED) is 0.820. The van der Waals surface area contributed by atoms with Crippen molar-refractivity contribution in [1.29, 1.82) is 0 Å². The van der Waals surface area contributed by atoms with Crippen LogP contribution in [0.25, 0.3) is 0 Å². The zero-order chi connectivity index (χ0) is 18.1. The summed E-state index contributed by atoms with van der Waals surface area (Å²) in [5, 5.41) is 11.0. The largest absolute Gasteiger partial charge is 0.385 e. The summed E-state index contributed by atoms with van der Waals surface area (Å²) in [7, 11) is 0. The summed E-state index contributed by atoms with van der Waals surface area (Å²) in [5.41, 5.74) is 2.32. The second-order valence-electron chi connectivity index (χ2n) is 7.56. The van der Waals surface area contributed by atoms with Gasteiger partial charge in [-0.2, -0.15) is 0 Å². The molecule has 0 radical (unpaired) electrons. The van der Waals surface area contributed by atoms with Crippen molar-refractivity contribution in [3.63, 3.8) is 0 Å². The topological polar surface area (TPSA) is 40.5 Å². The molecule has 0 saturated carbocycles. The number of piperidine rings is 1. The van der Waals surface area contributed by atoms with Crippen LogP contribution >= 0.6 is 15.9 Å². The Hall–Kier alpha value is -1.49. The molecule has 0 spiro atoms. The van der Waals surface area contributed by atoms with Gasteiger partial charge in [-0.1, -0.05) is 58.4 Å². The van der Waals surface area contributed by atoms with E-state index < -0.39 is 5.60 Å². The molecule has 4 heteroatoms. The van der Waals surface area contributed by atoms with E-state index in [1.54, 1.807) is 0 Å². The highest BCUT2D eigenvalue weighted by Gasteiger charge is 2.36. The normalized spacial score (nSPS) is 22.8. The molecule has 1 aliphatic carbocycles. The van der Waals surface area contributed by atoms with Crippen LogP contribution in [0.3, 0.4) is 0 Å². The Balaban J connectivity index is 1.40. The number of hydrogen-bond donors (Lipinski definition) is 1. The Morgan fingerprint density at radius 1 is 1.08 bits per heavy atom. The summed E-state index contributed by atoms with van der Waals surface area (Å²) in [6, 6.07) is 15.9. The minimum atomic E-state index is -0.730. The molecule has 1 fully saturated rings. The molecule has 0 aromatic heterocycles. The smallest absolute Gasteiger partial charge is 0.167 e. The number of rotatable bonds is 3. The van der Waals surface area contributed by atoms with Gasteiger partial charge in [0.05, 0.1) is 5.60 Å². The van der Waals surface area contributed by atoms with Gasteiger partial charge in [0.25, 0.3) is 0 Å². The summed E-state index contributed by atoms with van der Waals surface area (Å²) in [6.07, 6.45) is 3.31. The number of ketones is 1. The monoisotopic (exact) mass is 413 g/mol. The van der Waals surface area contributed by atoms with Crippen LogP contribution in [-0.2, 0) is 12.0 Å². The minimum Gasteiger partial charge on any atom is -0.385 e. The molecule has 0 bridgehead atoms. The Labute approximate surface area is 163 Å². The number of hydrogen-bond acceptors (Lipinski definition) is 3. The molecule has 2 aromatic carbocycles. The van der Waals surface area contributed by atoms with Crippen LogP contribution in [0.1, 0.15) is 40.7 Å². The van der Waals surface area contributed by atoms with Gasteiger partial charge in [0.2, 0.25) is 0 Å². The zero-order valence-electron chi connectivity index (χ0n) is 14.8. The van der Waals surface area contributed by atoms with E-state index in [1.165, 1.54) is 0 Å². The lowest BCUT2D eigenvalue weighted by atomic mass is 9.81. The van der Waals surface area contributed by atoms with E-state index in [-0.39, 0.29) is 11.7 Å². The van der Waals surface area contributed by atoms with Crippen molar-refractivity contribution in [2.45, 2.75) is 31.3 Å². The molecule has 2 aliphatic rings. The van der Waals surface area contributed by atoms with Gasteiger partial charge in [-0.15, -0.1) is 0 Å². The number of Topliss-reactive ketones (excluding diaryl/α,β-unsaturated/α-hetero) is 1. The molecule has 1 aliphatic heterocycles. The first-order chi connectivity index (χ1) is 12.6. The van der Waals surface area contributed by atoms with Crippen molar-refractivity contribution >= 4 is 21.7 Å². The maximum Gasteiger partial charge on any atom is 0.167 e. The van der Waals surface area contributed by atoms with Crippen LogP contribution in [0.5, 0.6) is 0 Å². The lowest BCUT2D eigenvalue weighted by Gasteiger charge is -2.40. The van der Waals surface area contributed by atoms with E-state index in [0.717, 1.165) is 66.5 Å². The van der Waals surface area contributed by atoms with Crippen LogP contribution in [0.15, 0.2) is 53.0 Å². The summed E-state index contributed by atoms with van der Waals surface area (Å²) >= 11 is 3.57. The number of nitrogens with zero attached hydrogens (tertiary/aromatic N) is 1. The van der Waals surface area contributed by atoms with Crippen molar-refractivity contribution in [2.24, 2.45) is 5.92 Å². The predicted octanol–water partition coefficient (Wildman–Crippen LogP) is 4.18. The molecule has 1 atom stereocenters. The standard InChI is InChI=1S/C22H24BrNO2/c23-20-8-4-7-19-18(20)10-9-16(21(19)25)15-24-13-11-22(26,12-14-24)17-5-2-1-3-6-17/h1-8,16,26H,9-15H2. The highest BCUT2D eigenvalue weighted by molar-refractivity contribution is 9.10. The van der Waals surface area contributed by atoms with E-state index in [1.807, 2.05) is 48.5 Å². The molecule has 3 nitrogen and oxygen atoms in total. The molecule has 1 unspecified atom stereocenters. The highest BCUT2D eigenvalue weighted by Crippen LogP contribution is 2.35.